The predicted octanol–water partition coefficient (Wildman–Crippen LogP) is 3.26. The fraction of sp³-hybridized carbons (Fsp3) is 0.130. The summed E-state index contributed by atoms with van der Waals surface area (Å²) < 4.78 is 32.8. The van der Waals surface area contributed by atoms with E-state index in [1.807, 2.05) is 6.92 Å². The van der Waals surface area contributed by atoms with Gasteiger partial charge in [-0.2, -0.15) is 5.10 Å². The van der Waals surface area contributed by atoms with Gasteiger partial charge in [-0.25, -0.2) is 13.8 Å². The first-order valence-corrected chi connectivity index (χ1v) is 11.4. The van der Waals surface area contributed by atoms with Crippen molar-refractivity contribution in [3.63, 3.8) is 0 Å². The van der Waals surface area contributed by atoms with Crippen LogP contribution in [0.15, 0.2) is 82.8 Å². The normalized spacial score (nSPS) is 11.2. The first kappa shape index (κ1) is 24.4. The zero-order valence-corrected chi connectivity index (χ0v) is 19.2. The average molecular weight is 483 g/mol. The highest BCUT2D eigenvalue weighted by atomic mass is 32.2. The first-order valence-electron chi connectivity index (χ1n) is 10.0. The Kier molecular flexibility index (Phi) is 7.59. The lowest BCUT2D eigenvalue weighted by molar-refractivity contribution is -0.385. The van der Waals surface area contributed by atoms with Crippen LogP contribution in [0.3, 0.4) is 0 Å². The molecule has 11 heteroatoms. The van der Waals surface area contributed by atoms with Gasteiger partial charge >= 0.3 is 0 Å². The summed E-state index contributed by atoms with van der Waals surface area (Å²) in [5.74, 6) is -0.240. The number of hydrogen-bond donors (Lipinski definition) is 1. The van der Waals surface area contributed by atoms with Crippen LogP contribution in [0.25, 0.3) is 0 Å². The van der Waals surface area contributed by atoms with E-state index in [0.29, 0.717) is 11.4 Å². The summed E-state index contributed by atoms with van der Waals surface area (Å²) in [6.45, 7) is 1.29. The van der Waals surface area contributed by atoms with Gasteiger partial charge < -0.3 is 4.74 Å². The van der Waals surface area contributed by atoms with E-state index in [9.17, 15) is 23.3 Å². The maximum Gasteiger partial charge on any atom is 0.278 e. The van der Waals surface area contributed by atoms with Gasteiger partial charge in [-0.15, -0.1) is 0 Å². The number of ether oxygens (including phenoxy) is 1. The van der Waals surface area contributed by atoms with Crippen LogP contribution in [0.2, 0.25) is 0 Å². The predicted molar refractivity (Wildman–Crippen MR) is 128 cm³/mol. The summed E-state index contributed by atoms with van der Waals surface area (Å²) in [7, 11) is -2.64. The number of hydrazone groups is 1. The third-order valence-electron chi connectivity index (χ3n) is 4.78. The molecule has 0 unspecified atom stereocenters. The maximum absolute atomic E-state index is 13.4. The molecule has 3 rings (SSSR count). The third-order valence-corrected chi connectivity index (χ3v) is 6.57. The van der Waals surface area contributed by atoms with Crippen LogP contribution in [0.1, 0.15) is 11.1 Å². The molecule has 1 N–H and O–H groups in total. The standard InChI is InChI=1S/C23H22N4O6S/c1-17-7-9-19(10-8-17)26(34(31,32)21-13-11-20(33-2)12-14-21)16-23(28)25-24-15-18-5-3-4-6-22(18)27(29)30/h3-15H,16H2,1-2H3,(H,25,28)/b24-15-. The van der Waals surface area contributed by atoms with Gasteiger partial charge in [0.2, 0.25) is 0 Å². The van der Waals surface area contributed by atoms with Crippen molar-refractivity contribution in [1.82, 2.24) is 5.43 Å². The van der Waals surface area contributed by atoms with Crippen LogP contribution < -0.4 is 14.5 Å². The molecule has 0 heterocycles. The molecule has 0 fully saturated rings. The number of hydrogen-bond acceptors (Lipinski definition) is 7. The molecule has 176 valence electrons. The summed E-state index contributed by atoms with van der Waals surface area (Å²) in [6.07, 6.45) is 1.13. The average Bonchev–Trinajstić information content (AvgIpc) is 2.83. The highest BCUT2D eigenvalue weighted by Gasteiger charge is 2.27. The number of rotatable bonds is 9. The SMILES string of the molecule is COc1ccc(S(=O)(=O)N(CC(=O)N/N=C\c2ccccc2[N+](=O)[O-])c2ccc(C)cc2)cc1. The number of nitro benzene ring substituents is 1. The Hall–Kier alpha value is -4.25. The number of benzene rings is 3. The van der Waals surface area contributed by atoms with Gasteiger partial charge in [0.25, 0.3) is 21.6 Å². The van der Waals surface area contributed by atoms with E-state index in [0.717, 1.165) is 16.1 Å². The molecule has 3 aromatic rings. The Morgan fingerprint density at radius 2 is 1.74 bits per heavy atom. The maximum atomic E-state index is 13.4. The second-order valence-electron chi connectivity index (χ2n) is 7.13. The monoisotopic (exact) mass is 482 g/mol. The van der Waals surface area contributed by atoms with Gasteiger partial charge in [0.15, 0.2) is 0 Å². The minimum atomic E-state index is -4.11. The second kappa shape index (κ2) is 10.6. The minimum absolute atomic E-state index is 0.0231. The number of sulfonamides is 1. The number of carbonyl (C=O) groups is 1. The van der Waals surface area contributed by atoms with Crippen LogP contribution >= 0.6 is 0 Å². The summed E-state index contributed by atoms with van der Waals surface area (Å²) >= 11 is 0. The number of methoxy groups -OCH3 is 1. The van der Waals surface area contributed by atoms with E-state index >= 15 is 0 Å². The molecule has 0 saturated carbocycles. The van der Waals surface area contributed by atoms with Gasteiger partial charge in [-0.05, 0) is 49.4 Å². The van der Waals surface area contributed by atoms with E-state index in [-0.39, 0.29) is 16.1 Å². The molecule has 0 aliphatic heterocycles. The molecular weight excluding hydrogens is 460 g/mol. The van der Waals surface area contributed by atoms with Gasteiger partial charge in [0.1, 0.15) is 12.3 Å². The summed E-state index contributed by atoms with van der Waals surface area (Å²) in [6, 6.07) is 18.3. The molecule has 34 heavy (non-hydrogen) atoms. The molecule has 1 amide bonds. The van der Waals surface area contributed by atoms with Crippen LogP contribution in [0.5, 0.6) is 5.75 Å². The van der Waals surface area contributed by atoms with Crippen LogP contribution in [0.4, 0.5) is 11.4 Å². The number of nitrogens with zero attached hydrogens (tertiary/aromatic N) is 3. The first-order chi connectivity index (χ1) is 16.2. The van der Waals surface area contributed by atoms with E-state index < -0.39 is 27.4 Å². The van der Waals surface area contributed by atoms with E-state index in [1.54, 1.807) is 30.3 Å². The van der Waals surface area contributed by atoms with Gasteiger partial charge in [-0.1, -0.05) is 29.8 Å². The summed E-state index contributed by atoms with van der Waals surface area (Å²) in [4.78, 5) is 23.1. The van der Waals surface area contributed by atoms with E-state index in [1.165, 1.54) is 49.6 Å². The number of amides is 1. The van der Waals surface area contributed by atoms with Crippen molar-refractivity contribution in [1.29, 1.82) is 0 Å². The van der Waals surface area contributed by atoms with Crippen molar-refractivity contribution in [3.05, 3.63) is 94.0 Å². The van der Waals surface area contributed by atoms with Gasteiger partial charge in [-0.3, -0.25) is 19.2 Å². The zero-order valence-electron chi connectivity index (χ0n) is 18.4. The quantitative estimate of drug-likeness (QED) is 0.283. The topological polar surface area (TPSA) is 131 Å². The fourth-order valence-corrected chi connectivity index (χ4v) is 4.42. The number of nitro groups is 1. The smallest absolute Gasteiger partial charge is 0.278 e. The fourth-order valence-electron chi connectivity index (χ4n) is 3.00. The van der Waals surface area contributed by atoms with Crippen molar-refractivity contribution < 1.29 is 22.9 Å². The second-order valence-corrected chi connectivity index (χ2v) is 8.99. The molecule has 0 aliphatic rings. The van der Waals surface area contributed by atoms with Crippen LogP contribution in [0, 0.1) is 17.0 Å². The lowest BCUT2D eigenvalue weighted by Crippen LogP contribution is -2.39. The number of aryl methyl sites for hydroxylation is 1. The Bertz CT molecular complexity index is 1310. The number of para-hydroxylation sites is 1. The highest BCUT2D eigenvalue weighted by Crippen LogP contribution is 2.25. The lowest BCUT2D eigenvalue weighted by Gasteiger charge is -2.24. The molecule has 0 aromatic heterocycles. The number of carbonyl (C=O) groups excluding carboxylic acids is 1. The lowest BCUT2D eigenvalue weighted by atomic mass is 10.2. The molecule has 0 bridgehead atoms. The Morgan fingerprint density at radius 3 is 2.35 bits per heavy atom. The molecule has 0 spiro atoms. The van der Waals surface area contributed by atoms with Crippen molar-refractivity contribution in [2.75, 3.05) is 18.0 Å². The molecule has 3 aromatic carbocycles. The van der Waals surface area contributed by atoms with Crippen molar-refractivity contribution in [2.24, 2.45) is 5.10 Å². The summed E-state index contributed by atoms with van der Waals surface area (Å²) in [5, 5.41) is 14.9. The van der Waals surface area contributed by atoms with Crippen molar-refractivity contribution >= 4 is 33.5 Å². The van der Waals surface area contributed by atoms with Gasteiger partial charge in [0.05, 0.1) is 34.4 Å². The van der Waals surface area contributed by atoms with E-state index in [4.69, 9.17) is 4.74 Å². The molecule has 0 radical (unpaired) electrons. The highest BCUT2D eigenvalue weighted by molar-refractivity contribution is 7.92. The number of nitrogens with one attached hydrogen (secondary N) is 1. The molecular formula is C23H22N4O6S. The van der Waals surface area contributed by atoms with E-state index in [2.05, 4.69) is 10.5 Å². The van der Waals surface area contributed by atoms with Crippen LogP contribution in [-0.2, 0) is 14.8 Å². The minimum Gasteiger partial charge on any atom is -0.497 e. The molecule has 0 aliphatic carbocycles. The summed E-state index contributed by atoms with van der Waals surface area (Å²) in [5.41, 5.74) is 3.46. The van der Waals surface area contributed by atoms with Crippen LogP contribution in [-0.4, -0.2) is 39.1 Å². The Morgan fingerprint density at radius 1 is 1.09 bits per heavy atom. The molecule has 0 atom stereocenters. The molecule has 10 nitrogen and oxygen atoms in total. The van der Waals surface area contributed by atoms with Gasteiger partial charge in [0, 0.05) is 6.07 Å². The Labute approximate surface area is 196 Å². The van der Waals surface area contributed by atoms with Crippen molar-refractivity contribution in [3.8, 4) is 5.75 Å². The molecule has 0 saturated heterocycles. The zero-order chi connectivity index (χ0) is 24.7. The number of anilines is 1. The Balaban J connectivity index is 1.85. The third kappa shape index (κ3) is 5.75. The largest absolute Gasteiger partial charge is 0.497 e. The van der Waals surface area contributed by atoms with Crippen molar-refractivity contribution in [2.45, 2.75) is 11.8 Å².